The fourth-order valence-electron chi connectivity index (χ4n) is 2.89. The van der Waals surface area contributed by atoms with Crippen LogP contribution in [0.5, 0.6) is 0 Å². The number of carbonyl (C=O) groups is 1. The Morgan fingerprint density at radius 3 is 2.29 bits per heavy atom. The summed E-state index contributed by atoms with van der Waals surface area (Å²) in [4.78, 5) is 17.8. The van der Waals surface area contributed by atoms with E-state index in [2.05, 4.69) is 33.1 Å². The van der Waals surface area contributed by atoms with Crippen molar-refractivity contribution >= 4 is 33.2 Å². The van der Waals surface area contributed by atoms with Gasteiger partial charge in [-0.25, -0.2) is 0 Å². The van der Waals surface area contributed by atoms with Gasteiger partial charge in [-0.3, -0.25) is 9.36 Å². The first kappa shape index (κ1) is 18.6. The predicted octanol–water partition coefficient (Wildman–Crippen LogP) is 6.02. The zero-order valence-electron chi connectivity index (χ0n) is 15.2. The van der Waals surface area contributed by atoms with E-state index < -0.39 is 0 Å². The van der Waals surface area contributed by atoms with Gasteiger partial charge in [0.05, 0.1) is 5.69 Å². The molecule has 0 aliphatic carbocycles. The molecule has 0 bridgehead atoms. The maximum absolute atomic E-state index is 12.7. The number of amides is 1. The van der Waals surface area contributed by atoms with Crippen LogP contribution in [-0.4, -0.2) is 10.5 Å². The van der Waals surface area contributed by atoms with E-state index in [1.807, 2.05) is 83.6 Å². The summed E-state index contributed by atoms with van der Waals surface area (Å²) in [5.41, 5.74) is 4.74. The van der Waals surface area contributed by atoms with E-state index in [1.54, 1.807) is 0 Å². The lowest BCUT2D eigenvalue weighted by Gasteiger charge is -2.09. The third-order valence-electron chi connectivity index (χ3n) is 4.36. The van der Waals surface area contributed by atoms with E-state index in [-0.39, 0.29) is 5.91 Å². The van der Waals surface area contributed by atoms with Crippen molar-refractivity contribution in [3.63, 3.8) is 0 Å². The molecule has 28 heavy (non-hydrogen) atoms. The molecule has 4 aromatic rings. The minimum Gasteiger partial charge on any atom is -0.285 e. The molecule has 138 valence electrons. The predicted molar refractivity (Wildman–Crippen MR) is 118 cm³/mol. The van der Waals surface area contributed by atoms with E-state index >= 15 is 0 Å². The van der Waals surface area contributed by atoms with Crippen LogP contribution in [0, 0.1) is 6.92 Å². The molecule has 0 saturated heterocycles. The lowest BCUT2D eigenvalue weighted by Crippen LogP contribution is -2.16. The van der Waals surface area contributed by atoms with Gasteiger partial charge in [-0.15, -0.1) is 11.3 Å². The van der Waals surface area contributed by atoms with Gasteiger partial charge in [0.25, 0.3) is 5.91 Å². The van der Waals surface area contributed by atoms with Crippen LogP contribution in [-0.2, 0) is 0 Å². The Morgan fingerprint density at radius 1 is 0.929 bits per heavy atom. The first-order chi connectivity index (χ1) is 13.6. The summed E-state index contributed by atoms with van der Waals surface area (Å²) < 4.78 is 3.03. The normalized spacial score (nSPS) is 11.6. The number of rotatable bonds is 3. The lowest BCUT2D eigenvalue weighted by molar-refractivity contribution is 0.0998. The summed E-state index contributed by atoms with van der Waals surface area (Å²) in [6.07, 6.45) is 0. The molecule has 0 spiro atoms. The number of aromatic nitrogens is 1. The highest BCUT2D eigenvalue weighted by Gasteiger charge is 2.12. The van der Waals surface area contributed by atoms with Crippen molar-refractivity contribution in [2.24, 2.45) is 4.99 Å². The molecule has 3 aromatic carbocycles. The highest BCUT2D eigenvalue weighted by Crippen LogP contribution is 2.24. The summed E-state index contributed by atoms with van der Waals surface area (Å²) in [6, 6.07) is 25.6. The summed E-state index contributed by atoms with van der Waals surface area (Å²) in [5.74, 6) is -0.243. The quantitative estimate of drug-likeness (QED) is 0.377. The van der Waals surface area contributed by atoms with Crippen LogP contribution < -0.4 is 4.80 Å². The molecule has 0 saturated carbocycles. The smallest absolute Gasteiger partial charge is 0.279 e. The van der Waals surface area contributed by atoms with Gasteiger partial charge in [-0.1, -0.05) is 64.0 Å². The first-order valence-corrected chi connectivity index (χ1v) is 10.5. The monoisotopic (exact) mass is 448 g/mol. The van der Waals surface area contributed by atoms with Crippen molar-refractivity contribution in [3.8, 4) is 16.9 Å². The van der Waals surface area contributed by atoms with Crippen molar-refractivity contribution in [1.29, 1.82) is 0 Å². The molecule has 0 unspecified atom stereocenters. The van der Waals surface area contributed by atoms with E-state index in [0.717, 1.165) is 27.0 Å². The van der Waals surface area contributed by atoms with Crippen molar-refractivity contribution in [2.45, 2.75) is 6.92 Å². The van der Waals surface area contributed by atoms with Crippen LogP contribution in [0.3, 0.4) is 0 Å². The maximum Gasteiger partial charge on any atom is 0.279 e. The van der Waals surface area contributed by atoms with Crippen LogP contribution in [0.4, 0.5) is 0 Å². The molecule has 1 heterocycles. The second-order valence-corrected chi connectivity index (χ2v) is 8.12. The van der Waals surface area contributed by atoms with Gasteiger partial charge in [0.1, 0.15) is 0 Å². The van der Waals surface area contributed by atoms with E-state index in [1.165, 1.54) is 11.3 Å². The number of benzene rings is 3. The van der Waals surface area contributed by atoms with Gasteiger partial charge < -0.3 is 0 Å². The second kappa shape index (κ2) is 8.09. The average Bonchev–Trinajstić information content (AvgIpc) is 3.13. The largest absolute Gasteiger partial charge is 0.285 e. The topological polar surface area (TPSA) is 34.4 Å². The van der Waals surface area contributed by atoms with E-state index in [0.29, 0.717) is 10.4 Å². The number of halogens is 1. The summed E-state index contributed by atoms with van der Waals surface area (Å²) in [6.45, 7) is 2.00. The first-order valence-electron chi connectivity index (χ1n) is 8.79. The number of hydrogen-bond acceptors (Lipinski definition) is 2. The van der Waals surface area contributed by atoms with Crippen molar-refractivity contribution in [2.75, 3.05) is 0 Å². The number of carbonyl (C=O) groups excluding carboxylic acids is 1. The molecule has 0 atom stereocenters. The Hall–Kier alpha value is -2.76. The molecule has 5 heteroatoms. The minimum absolute atomic E-state index is 0.243. The van der Waals surface area contributed by atoms with Gasteiger partial charge in [0, 0.05) is 21.1 Å². The van der Waals surface area contributed by atoms with Crippen LogP contribution in [0.1, 0.15) is 15.9 Å². The van der Waals surface area contributed by atoms with E-state index in [4.69, 9.17) is 0 Å². The lowest BCUT2D eigenvalue weighted by atomic mass is 10.1. The zero-order chi connectivity index (χ0) is 19.5. The maximum atomic E-state index is 12.7. The van der Waals surface area contributed by atoms with Gasteiger partial charge in [-0.05, 0) is 48.9 Å². The standard InChI is InChI=1S/C23H17BrN2OS/c1-16-7-9-18(10-8-16)22(27)25-23-26(20-13-11-19(24)12-14-20)21(15-28-23)17-5-3-2-4-6-17/h2-15H,1H3. The molecule has 0 fully saturated rings. The molecular formula is C23H17BrN2OS. The summed E-state index contributed by atoms with van der Waals surface area (Å²) in [7, 11) is 0. The third-order valence-corrected chi connectivity index (χ3v) is 5.71. The second-order valence-electron chi connectivity index (χ2n) is 6.36. The Balaban J connectivity index is 1.88. The Bertz CT molecular complexity index is 1170. The molecule has 3 nitrogen and oxygen atoms in total. The molecule has 1 aromatic heterocycles. The molecule has 0 N–H and O–H groups in total. The van der Waals surface area contributed by atoms with E-state index in [9.17, 15) is 4.79 Å². The van der Waals surface area contributed by atoms with Crippen LogP contribution in [0.2, 0.25) is 0 Å². The van der Waals surface area contributed by atoms with Crippen LogP contribution in [0.25, 0.3) is 16.9 Å². The number of hydrogen-bond donors (Lipinski definition) is 0. The van der Waals surface area contributed by atoms with Crippen molar-refractivity contribution in [3.05, 3.63) is 105 Å². The summed E-state index contributed by atoms with van der Waals surface area (Å²) in [5, 5.41) is 2.04. The molecule has 0 aliphatic heterocycles. The van der Waals surface area contributed by atoms with Gasteiger partial charge in [0.2, 0.25) is 0 Å². The van der Waals surface area contributed by atoms with Gasteiger partial charge >= 0.3 is 0 Å². The average molecular weight is 449 g/mol. The molecule has 0 aliphatic rings. The third kappa shape index (κ3) is 3.91. The van der Waals surface area contributed by atoms with Crippen LogP contribution >= 0.6 is 27.3 Å². The fraction of sp³-hybridized carbons (Fsp3) is 0.0435. The minimum atomic E-state index is -0.243. The molecule has 4 rings (SSSR count). The van der Waals surface area contributed by atoms with Crippen LogP contribution in [0.15, 0.2) is 93.7 Å². The number of aryl methyl sites for hydroxylation is 1. The zero-order valence-corrected chi connectivity index (χ0v) is 17.6. The molecular weight excluding hydrogens is 432 g/mol. The van der Waals surface area contributed by atoms with Crippen molar-refractivity contribution < 1.29 is 4.79 Å². The SMILES string of the molecule is Cc1ccc(C(=O)N=c2scc(-c3ccccc3)n2-c2ccc(Br)cc2)cc1. The number of nitrogens with zero attached hydrogens (tertiary/aromatic N) is 2. The highest BCUT2D eigenvalue weighted by atomic mass is 79.9. The molecule has 0 radical (unpaired) electrons. The Kier molecular flexibility index (Phi) is 5.37. The fourth-order valence-corrected chi connectivity index (χ4v) is 4.05. The highest BCUT2D eigenvalue weighted by molar-refractivity contribution is 9.10. The van der Waals surface area contributed by atoms with Gasteiger partial charge in [0.15, 0.2) is 4.80 Å². The molecule has 1 amide bonds. The van der Waals surface area contributed by atoms with Crippen molar-refractivity contribution in [1.82, 2.24) is 4.57 Å². The van der Waals surface area contributed by atoms with Gasteiger partial charge in [-0.2, -0.15) is 4.99 Å². The summed E-state index contributed by atoms with van der Waals surface area (Å²) >= 11 is 4.94. The Morgan fingerprint density at radius 2 is 1.61 bits per heavy atom. The Labute approximate surface area is 175 Å². The number of thiazole rings is 1.